The van der Waals surface area contributed by atoms with Crippen molar-refractivity contribution in [2.75, 3.05) is 21.3 Å². The molecule has 1 heterocycles. The molecule has 1 aromatic carbocycles. The molecule has 0 amide bonds. The Kier molecular flexibility index (Phi) is 8.92. The third-order valence-electron chi connectivity index (χ3n) is 3.33. The molecule has 130 valence electrons. The Morgan fingerprint density at radius 2 is 1.75 bits per heavy atom. The molecule has 0 aliphatic heterocycles. The standard InChI is InChI=1S/C17H22N4O2.HI/c1-18-17(20-11-13-6-8-15(22-2)9-7-13)21-12-14-5-4-10-19-16(14)23-3;/h4-10H,11-12H2,1-3H3,(H2,18,20,21);1H. The van der Waals surface area contributed by atoms with Gasteiger partial charge in [-0.25, -0.2) is 4.98 Å². The van der Waals surface area contributed by atoms with Crippen molar-refractivity contribution in [1.82, 2.24) is 15.6 Å². The Balaban J connectivity index is 0.00000288. The zero-order chi connectivity index (χ0) is 16.5. The van der Waals surface area contributed by atoms with Gasteiger partial charge in [0.25, 0.3) is 0 Å². The lowest BCUT2D eigenvalue weighted by atomic mass is 10.2. The summed E-state index contributed by atoms with van der Waals surface area (Å²) < 4.78 is 10.4. The third-order valence-corrected chi connectivity index (χ3v) is 3.33. The molecule has 0 atom stereocenters. The Hall–Kier alpha value is -2.03. The minimum atomic E-state index is 0. The van der Waals surface area contributed by atoms with Gasteiger partial charge in [-0.3, -0.25) is 4.99 Å². The number of nitrogens with zero attached hydrogens (tertiary/aromatic N) is 2. The summed E-state index contributed by atoms with van der Waals surface area (Å²) in [6.45, 7) is 1.26. The van der Waals surface area contributed by atoms with Gasteiger partial charge in [0.15, 0.2) is 5.96 Å². The van der Waals surface area contributed by atoms with Crippen molar-refractivity contribution in [3.05, 3.63) is 53.7 Å². The topological polar surface area (TPSA) is 67.8 Å². The van der Waals surface area contributed by atoms with E-state index in [4.69, 9.17) is 9.47 Å². The van der Waals surface area contributed by atoms with E-state index in [1.54, 1.807) is 27.5 Å². The highest BCUT2D eigenvalue weighted by Gasteiger charge is 2.04. The number of benzene rings is 1. The number of guanidine groups is 1. The summed E-state index contributed by atoms with van der Waals surface area (Å²) in [5.41, 5.74) is 2.12. The molecular formula is C17H23IN4O2. The van der Waals surface area contributed by atoms with Crippen LogP contribution in [0.5, 0.6) is 11.6 Å². The molecule has 2 N–H and O–H groups in total. The lowest BCUT2D eigenvalue weighted by Gasteiger charge is -2.13. The molecule has 24 heavy (non-hydrogen) atoms. The number of hydrogen-bond acceptors (Lipinski definition) is 4. The number of nitrogens with one attached hydrogen (secondary N) is 2. The second-order valence-electron chi connectivity index (χ2n) is 4.80. The summed E-state index contributed by atoms with van der Waals surface area (Å²) in [6.07, 6.45) is 1.71. The largest absolute Gasteiger partial charge is 0.497 e. The highest BCUT2D eigenvalue weighted by Crippen LogP contribution is 2.13. The second kappa shape index (κ2) is 10.7. The highest BCUT2D eigenvalue weighted by molar-refractivity contribution is 14.0. The SMILES string of the molecule is CN=C(NCc1ccc(OC)cc1)NCc1cccnc1OC.I. The molecule has 0 aliphatic carbocycles. The van der Waals surface area contributed by atoms with E-state index in [1.807, 2.05) is 36.4 Å². The minimum Gasteiger partial charge on any atom is -0.497 e. The van der Waals surface area contributed by atoms with Crippen LogP contribution in [0, 0.1) is 0 Å². The molecule has 0 fully saturated rings. The molecule has 7 heteroatoms. The summed E-state index contributed by atoms with van der Waals surface area (Å²) in [5.74, 6) is 2.18. The van der Waals surface area contributed by atoms with Crippen LogP contribution in [-0.2, 0) is 13.1 Å². The predicted octanol–water partition coefficient (Wildman–Crippen LogP) is 2.58. The van der Waals surface area contributed by atoms with Crippen molar-refractivity contribution in [2.45, 2.75) is 13.1 Å². The van der Waals surface area contributed by atoms with Crippen molar-refractivity contribution >= 4 is 29.9 Å². The molecular weight excluding hydrogens is 419 g/mol. The monoisotopic (exact) mass is 442 g/mol. The molecule has 0 saturated carbocycles. The normalized spacial score (nSPS) is 10.5. The molecule has 2 rings (SSSR count). The van der Waals surface area contributed by atoms with Gasteiger partial charge in [0.2, 0.25) is 5.88 Å². The van der Waals surface area contributed by atoms with Crippen LogP contribution in [0.2, 0.25) is 0 Å². The zero-order valence-corrected chi connectivity index (χ0v) is 16.4. The molecule has 0 saturated heterocycles. The van der Waals surface area contributed by atoms with E-state index in [9.17, 15) is 0 Å². The molecule has 1 aromatic heterocycles. The minimum absolute atomic E-state index is 0. The van der Waals surface area contributed by atoms with Gasteiger partial charge in [-0.1, -0.05) is 18.2 Å². The lowest BCUT2D eigenvalue weighted by molar-refractivity contribution is 0.392. The van der Waals surface area contributed by atoms with Crippen LogP contribution in [0.25, 0.3) is 0 Å². The van der Waals surface area contributed by atoms with Gasteiger partial charge in [0, 0.05) is 31.9 Å². The first-order valence-corrected chi connectivity index (χ1v) is 7.32. The van der Waals surface area contributed by atoms with Gasteiger partial charge >= 0.3 is 0 Å². The van der Waals surface area contributed by atoms with Gasteiger partial charge in [-0.15, -0.1) is 24.0 Å². The van der Waals surface area contributed by atoms with E-state index >= 15 is 0 Å². The number of halogens is 1. The highest BCUT2D eigenvalue weighted by atomic mass is 127. The van der Waals surface area contributed by atoms with Crippen molar-refractivity contribution < 1.29 is 9.47 Å². The van der Waals surface area contributed by atoms with Crippen molar-refractivity contribution in [3.63, 3.8) is 0 Å². The molecule has 2 aromatic rings. The zero-order valence-electron chi connectivity index (χ0n) is 14.1. The van der Waals surface area contributed by atoms with Gasteiger partial charge < -0.3 is 20.1 Å². The second-order valence-corrected chi connectivity index (χ2v) is 4.80. The molecule has 0 aliphatic rings. The van der Waals surface area contributed by atoms with Crippen LogP contribution in [0.15, 0.2) is 47.6 Å². The maximum absolute atomic E-state index is 5.24. The summed E-state index contributed by atoms with van der Waals surface area (Å²) in [6, 6.07) is 11.8. The predicted molar refractivity (Wildman–Crippen MR) is 106 cm³/mol. The Bertz CT molecular complexity index is 647. The smallest absolute Gasteiger partial charge is 0.218 e. The van der Waals surface area contributed by atoms with Crippen LogP contribution in [-0.4, -0.2) is 32.2 Å². The van der Waals surface area contributed by atoms with Crippen molar-refractivity contribution in [2.24, 2.45) is 4.99 Å². The lowest BCUT2D eigenvalue weighted by Crippen LogP contribution is -2.36. The van der Waals surface area contributed by atoms with Crippen LogP contribution in [0.3, 0.4) is 0 Å². The fraction of sp³-hybridized carbons (Fsp3) is 0.294. The van der Waals surface area contributed by atoms with Crippen LogP contribution in [0.1, 0.15) is 11.1 Å². The number of aliphatic imine (C=N–C) groups is 1. The first-order valence-electron chi connectivity index (χ1n) is 7.32. The van der Waals surface area contributed by atoms with E-state index in [2.05, 4.69) is 20.6 Å². The average molecular weight is 442 g/mol. The van der Waals surface area contributed by atoms with E-state index in [0.29, 0.717) is 24.9 Å². The summed E-state index contributed by atoms with van der Waals surface area (Å²) >= 11 is 0. The van der Waals surface area contributed by atoms with E-state index in [-0.39, 0.29) is 24.0 Å². The average Bonchev–Trinajstić information content (AvgIpc) is 2.62. The maximum atomic E-state index is 5.24. The van der Waals surface area contributed by atoms with Gasteiger partial charge in [0.1, 0.15) is 5.75 Å². The molecule has 6 nitrogen and oxygen atoms in total. The number of methoxy groups -OCH3 is 2. The first-order chi connectivity index (χ1) is 11.3. The van der Waals surface area contributed by atoms with Crippen molar-refractivity contribution in [3.8, 4) is 11.6 Å². The Morgan fingerprint density at radius 1 is 1.04 bits per heavy atom. The summed E-state index contributed by atoms with van der Waals surface area (Å²) in [4.78, 5) is 8.39. The fourth-order valence-electron chi connectivity index (χ4n) is 2.07. The summed E-state index contributed by atoms with van der Waals surface area (Å²) in [7, 11) is 5.01. The Labute approximate surface area is 159 Å². The number of hydrogen-bond donors (Lipinski definition) is 2. The fourth-order valence-corrected chi connectivity index (χ4v) is 2.07. The van der Waals surface area contributed by atoms with Crippen molar-refractivity contribution in [1.29, 1.82) is 0 Å². The summed E-state index contributed by atoms with van der Waals surface area (Å²) in [5, 5.41) is 6.52. The van der Waals surface area contributed by atoms with Gasteiger partial charge in [-0.2, -0.15) is 0 Å². The number of rotatable bonds is 6. The van der Waals surface area contributed by atoms with Gasteiger partial charge in [0.05, 0.1) is 14.2 Å². The van der Waals surface area contributed by atoms with Crippen LogP contribution < -0.4 is 20.1 Å². The molecule has 0 bridgehead atoms. The van der Waals surface area contributed by atoms with Crippen LogP contribution >= 0.6 is 24.0 Å². The van der Waals surface area contributed by atoms with E-state index in [0.717, 1.165) is 16.9 Å². The van der Waals surface area contributed by atoms with Crippen LogP contribution in [0.4, 0.5) is 0 Å². The quantitative estimate of drug-likeness (QED) is 0.409. The van der Waals surface area contributed by atoms with Gasteiger partial charge in [-0.05, 0) is 23.8 Å². The number of aromatic nitrogens is 1. The first kappa shape index (κ1) is 20.0. The number of pyridine rings is 1. The molecule has 0 unspecified atom stereocenters. The molecule has 0 radical (unpaired) electrons. The molecule has 0 spiro atoms. The third kappa shape index (κ3) is 5.88. The van der Waals surface area contributed by atoms with E-state index < -0.39 is 0 Å². The van der Waals surface area contributed by atoms with E-state index in [1.165, 1.54) is 0 Å². The Morgan fingerprint density at radius 3 is 2.38 bits per heavy atom. The maximum Gasteiger partial charge on any atom is 0.218 e. The number of ether oxygens (including phenoxy) is 2.